The largest absolute Gasteiger partial charge is 0.493 e. The highest BCUT2D eigenvalue weighted by Gasteiger charge is 2.29. The van der Waals surface area contributed by atoms with Gasteiger partial charge in [0.25, 0.3) is 5.91 Å². The van der Waals surface area contributed by atoms with Crippen molar-refractivity contribution in [2.24, 2.45) is 0 Å². The van der Waals surface area contributed by atoms with E-state index < -0.39 is 0 Å². The van der Waals surface area contributed by atoms with Crippen molar-refractivity contribution in [3.8, 4) is 11.5 Å². The molecule has 2 aromatic rings. The fraction of sp³-hybridized carbons (Fsp3) is 0.238. The molecule has 1 aliphatic rings. The van der Waals surface area contributed by atoms with Gasteiger partial charge in [0.05, 0.1) is 23.1 Å². The predicted molar refractivity (Wildman–Crippen MR) is 124 cm³/mol. The lowest BCUT2D eigenvalue weighted by Gasteiger charge is -2.13. The third kappa shape index (κ3) is 5.66. The van der Waals surface area contributed by atoms with Gasteiger partial charge in [0.2, 0.25) is 0 Å². The van der Waals surface area contributed by atoms with Crippen molar-refractivity contribution in [2.45, 2.75) is 13.3 Å². The number of likely N-dealkylation sites (N-methyl/N-ethyl adjacent to an activating group) is 1. The molecule has 1 fully saturated rings. The van der Waals surface area contributed by atoms with Gasteiger partial charge in [-0.15, -0.1) is 0 Å². The molecule has 0 atom stereocenters. The van der Waals surface area contributed by atoms with E-state index in [0.29, 0.717) is 50.2 Å². The van der Waals surface area contributed by atoms with Gasteiger partial charge in [0, 0.05) is 24.1 Å². The van der Waals surface area contributed by atoms with E-state index in [1.54, 1.807) is 25.3 Å². The van der Waals surface area contributed by atoms with Crippen LogP contribution in [-0.2, 0) is 4.79 Å². The van der Waals surface area contributed by atoms with E-state index in [-0.39, 0.29) is 5.91 Å². The molecule has 0 saturated carbocycles. The summed E-state index contributed by atoms with van der Waals surface area (Å²) < 4.78 is 12.1. The van der Waals surface area contributed by atoms with Crippen molar-refractivity contribution in [2.75, 3.05) is 20.3 Å². The first-order chi connectivity index (χ1) is 13.8. The second kappa shape index (κ2) is 9.85. The Kier molecular flexibility index (Phi) is 7.46. The Morgan fingerprint density at radius 1 is 1.17 bits per heavy atom. The number of ether oxygens (including phenoxy) is 2. The number of thioether (sulfide) groups is 1. The van der Waals surface area contributed by atoms with Crippen molar-refractivity contribution in [1.29, 1.82) is 0 Å². The van der Waals surface area contributed by atoms with E-state index in [1.807, 2.05) is 31.2 Å². The van der Waals surface area contributed by atoms with Crippen molar-refractivity contribution in [3.05, 3.63) is 62.5 Å². The molecule has 1 saturated heterocycles. The van der Waals surface area contributed by atoms with Crippen LogP contribution < -0.4 is 9.47 Å². The minimum absolute atomic E-state index is 0.159. The topological polar surface area (TPSA) is 38.8 Å². The molecule has 0 aromatic heterocycles. The van der Waals surface area contributed by atoms with Gasteiger partial charge in [-0.3, -0.25) is 9.69 Å². The molecule has 1 heterocycles. The van der Waals surface area contributed by atoms with Crippen molar-refractivity contribution in [1.82, 2.24) is 4.90 Å². The Hall–Kier alpha value is -1.73. The number of nitrogens with zero attached hydrogens (tertiary/aromatic N) is 1. The van der Waals surface area contributed by atoms with Gasteiger partial charge in [-0.2, -0.15) is 0 Å². The van der Waals surface area contributed by atoms with Gasteiger partial charge in [0.15, 0.2) is 0 Å². The third-order valence-electron chi connectivity index (χ3n) is 4.10. The summed E-state index contributed by atoms with van der Waals surface area (Å²) in [4.78, 5) is 14.2. The highest BCUT2D eigenvalue weighted by molar-refractivity contribution is 8.26. The van der Waals surface area contributed by atoms with E-state index in [4.69, 9.17) is 44.9 Å². The summed E-state index contributed by atoms with van der Waals surface area (Å²) in [5.41, 5.74) is 1.78. The third-order valence-corrected chi connectivity index (χ3v) is 6.09. The molecule has 4 nitrogen and oxygen atoms in total. The van der Waals surface area contributed by atoms with Crippen molar-refractivity contribution >= 4 is 63.5 Å². The molecule has 2 aromatic carbocycles. The van der Waals surface area contributed by atoms with Crippen LogP contribution in [0.4, 0.5) is 0 Å². The lowest BCUT2D eigenvalue weighted by Crippen LogP contribution is -2.22. The van der Waals surface area contributed by atoms with Gasteiger partial charge in [-0.1, -0.05) is 59.3 Å². The van der Waals surface area contributed by atoms with Gasteiger partial charge in [-0.05, 0) is 42.8 Å². The maximum Gasteiger partial charge on any atom is 0.265 e. The van der Waals surface area contributed by atoms with Crippen LogP contribution in [0.15, 0.2) is 41.3 Å². The standard InChI is InChI=1S/C21H19Cl2NO3S2/c1-13-5-3-6-16(9-13)26-7-4-8-27-19-14(10-15(22)12-17(19)23)11-18-20(25)24(2)21(28)29-18/h3,5-6,9-12H,4,7-8H2,1-2H3. The minimum Gasteiger partial charge on any atom is -0.493 e. The minimum atomic E-state index is -0.159. The first-order valence-electron chi connectivity index (χ1n) is 8.88. The fourth-order valence-electron chi connectivity index (χ4n) is 2.65. The van der Waals surface area contributed by atoms with Gasteiger partial charge < -0.3 is 9.47 Å². The summed E-state index contributed by atoms with van der Waals surface area (Å²) in [5, 5.41) is 0.846. The molecule has 0 N–H and O–H groups in total. The quantitative estimate of drug-likeness (QED) is 0.284. The van der Waals surface area contributed by atoms with Crippen LogP contribution in [0.1, 0.15) is 17.5 Å². The maximum absolute atomic E-state index is 12.3. The second-order valence-electron chi connectivity index (χ2n) is 6.41. The average molecular weight is 468 g/mol. The summed E-state index contributed by atoms with van der Waals surface area (Å²) in [7, 11) is 1.65. The number of rotatable bonds is 7. The first-order valence-corrected chi connectivity index (χ1v) is 10.9. The van der Waals surface area contributed by atoms with Gasteiger partial charge in [-0.25, -0.2) is 0 Å². The number of hydrogen-bond acceptors (Lipinski definition) is 5. The molecule has 0 radical (unpaired) electrons. The van der Waals surface area contributed by atoms with Crippen LogP contribution in [0.5, 0.6) is 11.5 Å². The van der Waals surface area contributed by atoms with E-state index in [1.165, 1.54) is 16.7 Å². The van der Waals surface area contributed by atoms with Crippen LogP contribution in [0.3, 0.4) is 0 Å². The number of hydrogen-bond donors (Lipinski definition) is 0. The van der Waals surface area contributed by atoms with Crippen LogP contribution in [0.2, 0.25) is 10.0 Å². The van der Waals surface area contributed by atoms with Crippen LogP contribution in [0, 0.1) is 6.92 Å². The van der Waals surface area contributed by atoms with Crippen LogP contribution in [-0.4, -0.2) is 35.4 Å². The number of carbonyl (C=O) groups is 1. The molecule has 29 heavy (non-hydrogen) atoms. The number of thiocarbonyl (C=S) groups is 1. The SMILES string of the molecule is Cc1cccc(OCCCOc2c(Cl)cc(Cl)cc2C=C2SC(=S)N(C)C2=O)c1. The Labute approximate surface area is 189 Å². The molecular weight excluding hydrogens is 449 g/mol. The first kappa shape index (κ1) is 22.0. The summed E-state index contributed by atoms with van der Waals surface area (Å²) in [5.74, 6) is 1.15. The molecule has 0 bridgehead atoms. The Morgan fingerprint density at radius 2 is 1.93 bits per heavy atom. The summed E-state index contributed by atoms with van der Waals surface area (Å²) >= 11 is 18.9. The number of aryl methyl sites for hydroxylation is 1. The Morgan fingerprint density at radius 3 is 2.62 bits per heavy atom. The number of amides is 1. The highest BCUT2D eigenvalue weighted by atomic mass is 35.5. The van der Waals surface area contributed by atoms with E-state index >= 15 is 0 Å². The fourth-order valence-corrected chi connectivity index (χ4v) is 4.39. The van der Waals surface area contributed by atoms with Crippen molar-refractivity contribution in [3.63, 3.8) is 0 Å². The van der Waals surface area contributed by atoms with Crippen molar-refractivity contribution < 1.29 is 14.3 Å². The lowest BCUT2D eigenvalue weighted by atomic mass is 10.1. The summed E-state index contributed by atoms with van der Waals surface area (Å²) in [6, 6.07) is 11.2. The molecule has 0 unspecified atom stereocenters. The second-order valence-corrected chi connectivity index (χ2v) is 8.93. The van der Waals surface area contributed by atoms with E-state index in [9.17, 15) is 4.79 Å². The summed E-state index contributed by atoms with van der Waals surface area (Å²) in [6.07, 6.45) is 2.38. The zero-order valence-corrected chi connectivity index (χ0v) is 19.1. The van der Waals surface area contributed by atoms with Gasteiger partial charge >= 0.3 is 0 Å². The van der Waals surface area contributed by atoms with Crippen LogP contribution in [0.25, 0.3) is 6.08 Å². The maximum atomic E-state index is 12.3. The normalized spacial score (nSPS) is 15.3. The smallest absolute Gasteiger partial charge is 0.265 e. The molecule has 1 aliphatic heterocycles. The lowest BCUT2D eigenvalue weighted by molar-refractivity contribution is -0.121. The van der Waals surface area contributed by atoms with Crippen LogP contribution >= 0.6 is 47.2 Å². The molecule has 152 valence electrons. The van der Waals surface area contributed by atoms with E-state index in [0.717, 1.165) is 11.3 Å². The molecule has 3 rings (SSSR count). The predicted octanol–water partition coefficient (Wildman–Crippen LogP) is 5.98. The molecule has 0 spiro atoms. The number of benzene rings is 2. The van der Waals surface area contributed by atoms with Gasteiger partial charge in [0.1, 0.15) is 15.8 Å². The zero-order valence-electron chi connectivity index (χ0n) is 15.9. The Bertz CT molecular complexity index is 978. The van der Waals surface area contributed by atoms with E-state index in [2.05, 4.69) is 0 Å². The zero-order chi connectivity index (χ0) is 21.0. The molecular formula is C21H19Cl2NO3S2. The highest BCUT2D eigenvalue weighted by Crippen LogP contribution is 2.37. The summed E-state index contributed by atoms with van der Waals surface area (Å²) in [6.45, 7) is 2.94. The molecule has 1 amide bonds. The average Bonchev–Trinajstić information content (AvgIpc) is 2.90. The molecule has 0 aliphatic carbocycles. The Balaban J connectivity index is 1.66. The number of halogens is 2. The monoisotopic (exact) mass is 467 g/mol. The number of carbonyl (C=O) groups excluding carboxylic acids is 1. The molecule has 8 heteroatoms.